The Morgan fingerprint density at radius 1 is 1.12 bits per heavy atom. The number of amides is 1. The zero-order valence-electron chi connectivity index (χ0n) is 14.7. The van der Waals surface area contributed by atoms with E-state index < -0.39 is 0 Å². The van der Waals surface area contributed by atoms with Crippen molar-refractivity contribution in [1.82, 2.24) is 29.8 Å². The number of piperazine rings is 1. The number of hydrogen-bond donors (Lipinski definition) is 0. The van der Waals surface area contributed by atoms with Gasteiger partial charge in [0, 0.05) is 38.4 Å². The van der Waals surface area contributed by atoms with Gasteiger partial charge in [-0.3, -0.25) is 4.79 Å². The molecule has 4 rings (SSSR count). The minimum atomic E-state index is -0.0428. The Morgan fingerprint density at radius 3 is 2.54 bits per heavy atom. The normalized spacial score (nSPS) is 14.7. The molecule has 0 spiro atoms. The highest BCUT2D eigenvalue weighted by molar-refractivity contribution is 5.94. The van der Waals surface area contributed by atoms with E-state index in [9.17, 15) is 4.79 Å². The highest BCUT2D eigenvalue weighted by Crippen LogP contribution is 2.18. The Balaban J connectivity index is 1.45. The average molecular weight is 353 g/mol. The maximum atomic E-state index is 12.5. The Morgan fingerprint density at radius 2 is 1.88 bits per heavy atom. The lowest BCUT2D eigenvalue weighted by atomic mass is 10.2. The molecule has 0 aromatic carbocycles. The molecule has 0 unspecified atom stereocenters. The van der Waals surface area contributed by atoms with Crippen LogP contribution >= 0.6 is 0 Å². The molecule has 1 aliphatic heterocycles. The fourth-order valence-electron chi connectivity index (χ4n) is 2.99. The van der Waals surface area contributed by atoms with Crippen LogP contribution in [0.4, 0.5) is 5.82 Å². The fourth-order valence-corrected chi connectivity index (χ4v) is 2.99. The van der Waals surface area contributed by atoms with Crippen molar-refractivity contribution in [1.29, 1.82) is 0 Å². The molecule has 0 atom stereocenters. The van der Waals surface area contributed by atoms with Crippen molar-refractivity contribution in [2.75, 3.05) is 31.1 Å². The van der Waals surface area contributed by atoms with E-state index >= 15 is 0 Å². The number of carbonyl (C=O) groups excluding carboxylic acids is 1. The van der Waals surface area contributed by atoms with Gasteiger partial charge in [0.05, 0.1) is 11.9 Å². The van der Waals surface area contributed by atoms with Gasteiger partial charge in [0.2, 0.25) is 0 Å². The highest BCUT2D eigenvalue weighted by atomic mass is 16.5. The highest BCUT2D eigenvalue weighted by Gasteiger charge is 2.25. The molecule has 9 heteroatoms. The summed E-state index contributed by atoms with van der Waals surface area (Å²) < 4.78 is 6.72. The van der Waals surface area contributed by atoms with Crippen LogP contribution in [-0.4, -0.2) is 61.9 Å². The Labute approximate surface area is 150 Å². The second kappa shape index (κ2) is 6.58. The van der Waals surface area contributed by atoms with Crippen LogP contribution in [-0.2, 0) is 0 Å². The Bertz CT molecular complexity index is 925. The Hall–Kier alpha value is -3.23. The van der Waals surface area contributed by atoms with E-state index in [0.717, 1.165) is 17.3 Å². The van der Waals surface area contributed by atoms with Gasteiger partial charge in [0.15, 0.2) is 5.82 Å². The molecule has 1 amide bonds. The maximum absolute atomic E-state index is 12.5. The SMILES string of the molecule is Cc1ccn(-c2cc(N3CCN(C(=O)c4cnoc4C)CC3)ncn2)n1. The summed E-state index contributed by atoms with van der Waals surface area (Å²) in [6.07, 6.45) is 4.89. The van der Waals surface area contributed by atoms with Gasteiger partial charge in [0.25, 0.3) is 5.91 Å². The van der Waals surface area contributed by atoms with Crippen LogP contribution in [0.2, 0.25) is 0 Å². The average Bonchev–Trinajstić information content (AvgIpc) is 3.30. The van der Waals surface area contributed by atoms with Crippen molar-refractivity contribution in [2.24, 2.45) is 0 Å². The van der Waals surface area contributed by atoms with Crippen molar-refractivity contribution in [3.05, 3.63) is 47.9 Å². The third-order valence-corrected chi connectivity index (χ3v) is 4.47. The van der Waals surface area contributed by atoms with Crippen molar-refractivity contribution in [3.63, 3.8) is 0 Å². The molecule has 3 aromatic rings. The molecule has 26 heavy (non-hydrogen) atoms. The first-order valence-electron chi connectivity index (χ1n) is 8.42. The van der Waals surface area contributed by atoms with Crippen LogP contribution in [0.25, 0.3) is 5.82 Å². The molecule has 4 heterocycles. The summed E-state index contributed by atoms with van der Waals surface area (Å²) in [5.41, 5.74) is 1.46. The summed E-state index contributed by atoms with van der Waals surface area (Å²) in [6, 6.07) is 3.84. The van der Waals surface area contributed by atoms with E-state index in [2.05, 4.69) is 25.1 Å². The van der Waals surface area contributed by atoms with Gasteiger partial charge in [-0.2, -0.15) is 5.10 Å². The molecule has 134 valence electrons. The van der Waals surface area contributed by atoms with Crippen molar-refractivity contribution >= 4 is 11.7 Å². The predicted molar refractivity (Wildman–Crippen MR) is 93.2 cm³/mol. The van der Waals surface area contributed by atoms with E-state index in [4.69, 9.17) is 4.52 Å². The Kier molecular flexibility index (Phi) is 4.11. The summed E-state index contributed by atoms with van der Waals surface area (Å²) in [5.74, 6) is 2.06. The number of nitrogens with zero attached hydrogens (tertiary/aromatic N) is 7. The van der Waals surface area contributed by atoms with Gasteiger partial charge in [-0.15, -0.1) is 0 Å². The number of carbonyl (C=O) groups is 1. The molecule has 0 aliphatic carbocycles. The first-order chi connectivity index (χ1) is 12.6. The summed E-state index contributed by atoms with van der Waals surface area (Å²) in [4.78, 5) is 25.2. The zero-order chi connectivity index (χ0) is 18.1. The molecule has 0 bridgehead atoms. The number of anilines is 1. The molecular weight excluding hydrogens is 334 g/mol. The monoisotopic (exact) mass is 353 g/mol. The van der Waals surface area contributed by atoms with Crippen LogP contribution in [0.3, 0.4) is 0 Å². The topological polar surface area (TPSA) is 93.2 Å². The quantitative estimate of drug-likeness (QED) is 0.699. The maximum Gasteiger partial charge on any atom is 0.259 e. The first-order valence-corrected chi connectivity index (χ1v) is 8.42. The molecule has 0 radical (unpaired) electrons. The zero-order valence-corrected chi connectivity index (χ0v) is 14.7. The number of aryl methyl sites for hydroxylation is 2. The lowest BCUT2D eigenvalue weighted by Crippen LogP contribution is -2.49. The molecule has 3 aromatic heterocycles. The molecule has 0 saturated carbocycles. The van der Waals surface area contributed by atoms with Crippen molar-refractivity contribution in [2.45, 2.75) is 13.8 Å². The van der Waals surface area contributed by atoms with E-state index in [1.807, 2.05) is 30.2 Å². The lowest BCUT2D eigenvalue weighted by molar-refractivity contribution is 0.0744. The van der Waals surface area contributed by atoms with E-state index in [-0.39, 0.29) is 5.91 Å². The molecule has 1 aliphatic rings. The predicted octanol–water partition coefficient (Wildman–Crippen LogP) is 1.23. The second-order valence-electron chi connectivity index (χ2n) is 6.21. The minimum absolute atomic E-state index is 0.0428. The van der Waals surface area contributed by atoms with Gasteiger partial charge >= 0.3 is 0 Å². The number of aromatic nitrogens is 5. The summed E-state index contributed by atoms with van der Waals surface area (Å²) in [7, 11) is 0. The number of hydrogen-bond acceptors (Lipinski definition) is 7. The van der Waals surface area contributed by atoms with Crippen LogP contribution in [0.15, 0.2) is 35.4 Å². The summed E-state index contributed by atoms with van der Waals surface area (Å²) >= 11 is 0. The van der Waals surface area contributed by atoms with Crippen LogP contribution in [0, 0.1) is 13.8 Å². The minimum Gasteiger partial charge on any atom is -0.361 e. The van der Waals surface area contributed by atoms with Crippen molar-refractivity contribution in [3.8, 4) is 5.82 Å². The van der Waals surface area contributed by atoms with E-state index in [0.29, 0.717) is 37.5 Å². The van der Waals surface area contributed by atoms with Crippen molar-refractivity contribution < 1.29 is 9.32 Å². The standard InChI is InChI=1S/C17H19N7O2/c1-12-3-4-24(21-12)16-9-15(18-11-19-16)22-5-7-23(8-6-22)17(25)14-10-20-26-13(14)2/h3-4,9-11H,5-8H2,1-2H3. The molecule has 0 N–H and O–H groups in total. The van der Waals surface area contributed by atoms with E-state index in [1.165, 1.54) is 6.20 Å². The summed E-state index contributed by atoms with van der Waals surface area (Å²) in [6.45, 7) is 6.31. The van der Waals surface area contributed by atoms with Gasteiger partial charge < -0.3 is 14.3 Å². The molecule has 1 saturated heterocycles. The van der Waals surface area contributed by atoms with E-state index in [1.54, 1.807) is 17.9 Å². The molecule has 9 nitrogen and oxygen atoms in total. The lowest BCUT2D eigenvalue weighted by Gasteiger charge is -2.35. The first kappa shape index (κ1) is 16.2. The molecular formula is C17H19N7O2. The second-order valence-corrected chi connectivity index (χ2v) is 6.21. The molecule has 1 fully saturated rings. The largest absolute Gasteiger partial charge is 0.361 e. The van der Waals surface area contributed by atoms with Gasteiger partial charge in [-0.25, -0.2) is 14.6 Å². The number of rotatable bonds is 3. The fraction of sp³-hybridized carbons (Fsp3) is 0.353. The van der Waals surface area contributed by atoms with Gasteiger partial charge in [-0.05, 0) is 19.9 Å². The third-order valence-electron chi connectivity index (χ3n) is 4.47. The third kappa shape index (κ3) is 3.03. The van der Waals surface area contributed by atoms with Gasteiger partial charge in [0.1, 0.15) is 23.5 Å². The van der Waals surface area contributed by atoms with Crippen LogP contribution < -0.4 is 4.90 Å². The van der Waals surface area contributed by atoms with Crippen LogP contribution in [0.5, 0.6) is 0 Å². The summed E-state index contributed by atoms with van der Waals surface area (Å²) in [5, 5.41) is 8.06. The smallest absolute Gasteiger partial charge is 0.259 e. The van der Waals surface area contributed by atoms with Crippen LogP contribution in [0.1, 0.15) is 21.8 Å². The van der Waals surface area contributed by atoms with Gasteiger partial charge in [-0.1, -0.05) is 5.16 Å².